The third-order valence-electron chi connectivity index (χ3n) is 3.45. The molecule has 0 saturated heterocycles. The molecule has 0 bridgehead atoms. The van der Waals surface area contributed by atoms with Crippen LogP contribution in [0.1, 0.15) is 27.5 Å². The standard InChI is InChI=1S/C15H12F3N5O2/c1-8-11(7-20-22-8)6-19-13(24)10-4-2-9(3-5-10)12-21-14(25-23-12)15(16,17)18/h2-5,7H,6H2,1H3,(H,19,24)(H,20,22). The first kappa shape index (κ1) is 16.7. The Balaban J connectivity index is 1.68. The zero-order valence-corrected chi connectivity index (χ0v) is 12.9. The molecule has 0 unspecified atom stereocenters. The lowest BCUT2D eigenvalue weighted by Crippen LogP contribution is -2.22. The van der Waals surface area contributed by atoms with E-state index >= 15 is 0 Å². The van der Waals surface area contributed by atoms with Crippen LogP contribution in [0.3, 0.4) is 0 Å². The van der Waals surface area contributed by atoms with E-state index in [0.717, 1.165) is 11.3 Å². The van der Waals surface area contributed by atoms with Crippen LogP contribution in [-0.4, -0.2) is 26.2 Å². The molecule has 0 spiro atoms. The van der Waals surface area contributed by atoms with E-state index in [1.165, 1.54) is 24.3 Å². The Kier molecular flexibility index (Phi) is 4.26. The number of carbonyl (C=O) groups is 1. The van der Waals surface area contributed by atoms with Gasteiger partial charge in [0.1, 0.15) is 0 Å². The summed E-state index contributed by atoms with van der Waals surface area (Å²) in [6.45, 7) is 2.14. The molecule has 25 heavy (non-hydrogen) atoms. The first-order valence-electron chi connectivity index (χ1n) is 7.13. The molecule has 10 heteroatoms. The van der Waals surface area contributed by atoms with E-state index in [9.17, 15) is 18.0 Å². The fourth-order valence-corrected chi connectivity index (χ4v) is 2.06. The molecule has 3 aromatic rings. The number of carbonyl (C=O) groups excluding carboxylic acids is 1. The predicted octanol–water partition coefficient (Wildman–Crippen LogP) is 2.72. The Morgan fingerprint density at radius 3 is 2.56 bits per heavy atom. The Morgan fingerprint density at radius 1 is 1.28 bits per heavy atom. The Morgan fingerprint density at radius 2 is 2.00 bits per heavy atom. The molecule has 1 amide bonds. The number of aryl methyl sites for hydroxylation is 1. The number of rotatable bonds is 4. The third-order valence-corrected chi connectivity index (χ3v) is 3.45. The molecule has 0 atom stereocenters. The summed E-state index contributed by atoms with van der Waals surface area (Å²) in [6, 6.07) is 5.83. The number of alkyl halides is 3. The van der Waals surface area contributed by atoms with Crippen LogP contribution < -0.4 is 5.32 Å². The van der Waals surface area contributed by atoms with Gasteiger partial charge in [0.2, 0.25) is 5.82 Å². The first-order chi connectivity index (χ1) is 11.8. The minimum Gasteiger partial charge on any atom is -0.348 e. The Labute approximate surface area is 139 Å². The van der Waals surface area contributed by atoms with E-state index in [0.29, 0.717) is 17.7 Å². The molecule has 0 aliphatic rings. The number of nitrogens with zero attached hydrogens (tertiary/aromatic N) is 3. The van der Waals surface area contributed by atoms with Crippen LogP contribution in [0.4, 0.5) is 13.2 Å². The molecule has 0 radical (unpaired) electrons. The van der Waals surface area contributed by atoms with Gasteiger partial charge in [-0.25, -0.2) is 0 Å². The van der Waals surface area contributed by atoms with Crippen molar-refractivity contribution in [1.29, 1.82) is 0 Å². The van der Waals surface area contributed by atoms with Crippen LogP contribution >= 0.6 is 0 Å². The highest BCUT2D eigenvalue weighted by Gasteiger charge is 2.38. The van der Waals surface area contributed by atoms with Crippen molar-refractivity contribution in [3.63, 3.8) is 0 Å². The van der Waals surface area contributed by atoms with Gasteiger partial charge in [-0.1, -0.05) is 17.3 Å². The van der Waals surface area contributed by atoms with Gasteiger partial charge in [-0.2, -0.15) is 23.3 Å². The van der Waals surface area contributed by atoms with Crippen molar-refractivity contribution in [1.82, 2.24) is 25.7 Å². The minimum absolute atomic E-state index is 0.201. The van der Waals surface area contributed by atoms with E-state index in [1.54, 1.807) is 6.20 Å². The molecule has 0 aliphatic carbocycles. The molecule has 130 valence electrons. The summed E-state index contributed by atoms with van der Waals surface area (Å²) in [6.07, 6.45) is -3.08. The fraction of sp³-hybridized carbons (Fsp3) is 0.200. The maximum Gasteiger partial charge on any atom is 0.471 e. The van der Waals surface area contributed by atoms with E-state index in [2.05, 4.69) is 30.2 Å². The van der Waals surface area contributed by atoms with Gasteiger partial charge in [0.15, 0.2) is 0 Å². The van der Waals surface area contributed by atoms with Gasteiger partial charge >= 0.3 is 12.1 Å². The fourth-order valence-electron chi connectivity index (χ4n) is 2.06. The smallest absolute Gasteiger partial charge is 0.348 e. The van der Waals surface area contributed by atoms with E-state index in [1.807, 2.05) is 6.92 Å². The largest absolute Gasteiger partial charge is 0.471 e. The summed E-state index contributed by atoms with van der Waals surface area (Å²) < 4.78 is 41.6. The van der Waals surface area contributed by atoms with E-state index in [4.69, 9.17) is 0 Å². The summed E-state index contributed by atoms with van der Waals surface area (Å²) in [5, 5.41) is 12.6. The van der Waals surface area contributed by atoms with Crippen LogP contribution in [0.15, 0.2) is 35.0 Å². The lowest BCUT2D eigenvalue weighted by Gasteiger charge is -2.05. The lowest BCUT2D eigenvalue weighted by atomic mass is 10.1. The number of aromatic amines is 1. The topological polar surface area (TPSA) is 96.7 Å². The van der Waals surface area contributed by atoms with Gasteiger partial charge in [-0.15, -0.1) is 0 Å². The van der Waals surface area contributed by atoms with Crippen LogP contribution in [0.5, 0.6) is 0 Å². The SMILES string of the molecule is Cc1[nH]ncc1CNC(=O)c1ccc(-c2noc(C(F)(F)F)n2)cc1. The summed E-state index contributed by atoms with van der Waals surface area (Å²) in [4.78, 5) is 15.4. The minimum atomic E-state index is -4.70. The number of aromatic nitrogens is 4. The summed E-state index contributed by atoms with van der Waals surface area (Å²) in [7, 11) is 0. The number of amides is 1. The lowest BCUT2D eigenvalue weighted by molar-refractivity contribution is -0.159. The van der Waals surface area contributed by atoms with E-state index in [-0.39, 0.29) is 11.7 Å². The maximum absolute atomic E-state index is 12.5. The van der Waals surface area contributed by atoms with Gasteiger partial charge in [0.05, 0.1) is 6.20 Å². The second kappa shape index (κ2) is 6.38. The van der Waals surface area contributed by atoms with Crippen molar-refractivity contribution in [2.45, 2.75) is 19.6 Å². The molecule has 0 aliphatic heterocycles. The average molecular weight is 351 g/mol. The highest BCUT2D eigenvalue weighted by atomic mass is 19.4. The summed E-state index contributed by atoms with van der Waals surface area (Å²) in [5.74, 6) is -1.94. The van der Waals surface area contributed by atoms with Gasteiger partial charge in [0, 0.05) is 28.9 Å². The van der Waals surface area contributed by atoms with E-state index < -0.39 is 12.1 Å². The zero-order chi connectivity index (χ0) is 18.0. The van der Waals surface area contributed by atoms with Crippen LogP contribution in [0.25, 0.3) is 11.4 Å². The summed E-state index contributed by atoms with van der Waals surface area (Å²) >= 11 is 0. The molecule has 0 saturated carbocycles. The van der Waals surface area contributed by atoms with Crippen LogP contribution in [0, 0.1) is 6.92 Å². The molecule has 1 aromatic carbocycles. The molecular formula is C15H12F3N5O2. The Bertz CT molecular complexity index is 883. The first-order valence-corrected chi connectivity index (χ1v) is 7.13. The second-order valence-electron chi connectivity index (χ2n) is 5.20. The van der Waals surface area contributed by atoms with Crippen molar-refractivity contribution in [3.05, 3.63) is 53.2 Å². The molecule has 2 aromatic heterocycles. The quantitative estimate of drug-likeness (QED) is 0.753. The molecule has 2 N–H and O–H groups in total. The highest BCUT2D eigenvalue weighted by molar-refractivity contribution is 5.94. The van der Waals surface area contributed by atoms with Crippen molar-refractivity contribution in [2.75, 3.05) is 0 Å². The monoisotopic (exact) mass is 351 g/mol. The summed E-state index contributed by atoms with van der Waals surface area (Å²) in [5.41, 5.74) is 2.37. The van der Waals surface area contributed by atoms with Crippen molar-refractivity contribution < 1.29 is 22.5 Å². The number of hydrogen-bond donors (Lipinski definition) is 2. The Hall–Kier alpha value is -3.17. The van der Waals surface area contributed by atoms with Crippen molar-refractivity contribution >= 4 is 5.91 Å². The predicted molar refractivity (Wildman–Crippen MR) is 79.2 cm³/mol. The average Bonchev–Trinajstić information content (AvgIpc) is 3.21. The normalized spacial score (nSPS) is 11.5. The van der Waals surface area contributed by atoms with Gasteiger partial charge < -0.3 is 9.84 Å². The third kappa shape index (κ3) is 3.67. The van der Waals surface area contributed by atoms with Crippen LogP contribution in [0.2, 0.25) is 0 Å². The number of halogens is 3. The number of hydrogen-bond acceptors (Lipinski definition) is 5. The molecule has 3 rings (SSSR count). The van der Waals surface area contributed by atoms with Crippen molar-refractivity contribution in [2.24, 2.45) is 0 Å². The molecule has 2 heterocycles. The molecular weight excluding hydrogens is 339 g/mol. The highest BCUT2D eigenvalue weighted by Crippen LogP contribution is 2.29. The van der Waals surface area contributed by atoms with Gasteiger partial charge in [0.25, 0.3) is 5.91 Å². The van der Waals surface area contributed by atoms with Gasteiger partial charge in [-0.3, -0.25) is 9.89 Å². The number of H-pyrrole nitrogens is 1. The number of benzene rings is 1. The second-order valence-corrected chi connectivity index (χ2v) is 5.20. The van der Waals surface area contributed by atoms with Crippen LogP contribution in [-0.2, 0) is 12.7 Å². The maximum atomic E-state index is 12.5. The molecule has 7 nitrogen and oxygen atoms in total. The van der Waals surface area contributed by atoms with Gasteiger partial charge in [-0.05, 0) is 19.1 Å². The van der Waals surface area contributed by atoms with Crippen molar-refractivity contribution in [3.8, 4) is 11.4 Å². The zero-order valence-electron chi connectivity index (χ0n) is 12.9. The molecule has 0 fully saturated rings. The number of nitrogens with one attached hydrogen (secondary N) is 2.